The first-order valence-corrected chi connectivity index (χ1v) is 10.1. The van der Waals surface area contributed by atoms with Crippen LogP contribution < -0.4 is 10.1 Å². The van der Waals surface area contributed by atoms with Crippen molar-refractivity contribution in [3.8, 4) is 5.75 Å². The molecule has 5 nitrogen and oxygen atoms in total. The van der Waals surface area contributed by atoms with Gasteiger partial charge in [-0.05, 0) is 41.8 Å². The molecule has 3 aromatic carbocycles. The van der Waals surface area contributed by atoms with Gasteiger partial charge in [0.25, 0.3) is 5.91 Å². The summed E-state index contributed by atoms with van der Waals surface area (Å²) in [5.74, 6) is -0.341. The van der Waals surface area contributed by atoms with Crippen molar-refractivity contribution in [3.05, 3.63) is 101 Å². The van der Waals surface area contributed by atoms with Crippen LogP contribution in [0.1, 0.15) is 38.8 Å². The van der Waals surface area contributed by atoms with E-state index in [0.717, 1.165) is 17.7 Å². The van der Waals surface area contributed by atoms with Gasteiger partial charge in [0.2, 0.25) is 0 Å². The number of carbonyl (C=O) groups is 3. The average molecular weight is 411 g/mol. The Hall–Kier alpha value is -3.99. The molecule has 0 spiro atoms. The fraction of sp³-hybridized carbons (Fsp3) is 0.115. The largest absolute Gasteiger partial charge is 0.484 e. The van der Waals surface area contributed by atoms with Crippen LogP contribution in [0, 0.1) is 0 Å². The number of para-hydroxylation sites is 1. The third-order valence-electron chi connectivity index (χ3n) is 5.12. The minimum Gasteiger partial charge on any atom is -0.484 e. The number of amides is 1. The molecular weight excluding hydrogens is 390 g/mol. The van der Waals surface area contributed by atoms with Crippen LogP contribution in [0.15, 0.2) is 78.4 Å². The number of fused-ring (bicyclic) bond motifs is 1. The van der Waals surface area contributed by atoms with E-state index in [2.05, 4.69) is 5.32 Å². The van der Waals surface area contributed by atoms with Crippen LogP contribution >= 0.6 is 0 Å². The molecule has 0 unspecified atom stereocenters. The third-order valence-corrected chi connectivity index (χ3v) is 5.12. The number of Topliss-reactive ketones (excluding diaryl/α,β-unsaturated/α-hetero) is 2. The Balaban J connectivity index is 1.45. The van der Waals surface area contributed by atoms with Crippen LogP contribution in [0.2, 0.25) is 0 Å². The minimum absolute atomic E-state index is 0.132. The van der Waals surface area contributed by atoms with Crippen LogP contribution in [0.3, 0.4) is 0 Å². The highest BCUT2D eigenvalue weighted by Gasteiger charge is 2.32. The highest BCUT2D eigenvalue weighted by atomic mass is 16.5. The van der Waals surface area contributed by atoms with Gasteiger partial charge < -0.3 is 10.1 Å². The highest BCUT2D eigenvalue weighted by molar-refractivity contribution is 6.41. The smallest absolute Gasteiger partial charge is 0.262 e. The van der Waals surface area contributed by atoms with Crippen LogP contribution in [0.5, 0.6) is 5.75 Å². The van der Waals surface area contributed by atoms with Gasteiger partial charge in [0, 0.05) is 16.8 Å². The molecule has 0 saturated carbocycles. The summed E-state index contributed by atoms with van der Waals surface area (Å²) in [7, 11) is 0. The van der Waals surface area contributed by atoms with E-state index in [1.165, 1.54) is 0 Å². The van der Waals surface area contributed by atoms with Crippen molar-refractivity contribution >= 4 is 29.2 Å². The maximum atomic E-state index is 12.6. The molecular formula is C26H21NO4. The van der Waals surface area contributed by atoms with Gasteiger partial charge in [-0.3, -0.25) is 14.4 Å². The second-order valence-electron chi connectivity index (χ2n) is 7.18. The lowest BCUT2D eigenvalue weighted by Gasteiger charge is -2.11. The summed E-state index contributed by atoms with van der Waals surface area (Å²) in [5.41, 5.74) is 3.46. The zero-order valence-electron chi connectivity index (χ0n) is 17.1. The van der Waals surface area contributed by atoms with E-state index in [4.69, 9.17) is 4.74 Å². The first kappa shape index (κ1) is 20.3. The third kappa shape index (κ3) is 4.31. The predicted octanol–water partition coefficient (Wildman–Crippen LogP) is 4.73. The number of aryl methyl sites for hydroxylation is 1. The molecule has 1 N–H and O–H groups in total. The normalized spacial score (nSPS) is 12.5. The summed E-state index contributed by atoms with van der Waals surface area (Å²) >= 11 is 0. The van der Waals surface area contributed by atoms with Crippen LogP contribution in [-0.4, -0.2) is 24.1 Å². The molecule has 154 valence electrons. The zero-order valence-corrected chi connectivity index (χ0v) is 17.1. The molecule has 0 bridgehead atoms. The number of rotatable bonds is 6. The maximum absolute atomic E-state index is 12.6. The Morgan fingerprint density at radius 2 is 1.58 bits per heavy atom. The van der Waals surface area contributed by atoms with Gasteiger partial charge in [0.15, 0.2) is 18.2 Å². The van der Waals surface area contributed by atoms with E-state index in [0.29, 0.717) is 22.4 Å². The summed E-state index contributed by atoms with van der Waals surface area (Å²) in [6.45, 7) is 1.88. The summed E-state index contributed by atoms with van der Waals surface area (Å²) in [4.78, 5) is 37.4. The van der Waals surface area contributed by atoms with Crippen molar-refractivity contribution in [2.75, 3.05) is 11.9 Å². The maximum Gasteiger partial charge on any atom is 0.262 e. The summed E-state index contributed by atoms with van der Waals surface area (Å²) in [5, 5.41) is 2.86. The fourth-order valence-corrected chi connectivity index (χ4v) is 3.55. The van der Waals surface area contributed by atoms with Gasteiger partial charge in [0.1, 0.15) is 5.75 Å². The molecule has 0 heterocycles. The monoisotopic (exact) mass is 411 g/mol. The number of ketones is 2. The van der Waals surface area contributed by atoms with E-state index >= 15 is 0 Å². The van der Waals surface area contributed by atoms with Gasteiger partial charge in [-0.25, -0.2) is 0 Å². The SMILES string of the molecule is CCc1ccccc1NC(=O)COc1cccc(C=C2C(=O)c3ccccc3C2=O)c1. The second-order valence-corrected chi connectivity index (χ2v) is 7.18. The molecule has 4 rings (SSSR count). The number of allylic oxidation sites excluding steroid dienone is 1. The first-order valence-electron chi connectivity index (χ1n) is 10.1. The second kappa shape index (κ2) is 8.79. The van der Waals surface area contributed by atoms with Gasteiger partial charge in [0.05, 0.1) is 5.57 Å². The lowest BCUT2D eigenvalue weighted by atomic mass is 10.1. The number of nitrogens with one attached hydrogen (secondary N) is 1. The Bertz CT molecular complexity index is 1170. The topological polar surface area (TPSA) is 72.5 Å². The minimum atomic E-state index is -0.277. The molecule has 0 saturated heterocycles. The lowest BCUT2D eigenvalue weighted by Crippen LogP contribution is -2.20. The van der Waals surface area contributed by atoms with Crippen molar-refractivity contribution < 1.29 is 19.1 Å². The molecule has 0 aliphatic heterocycles. The molecule has 1 aliphatic carbocycles. The van der Waals surface area contributed by atoms with Gasteiger partial charge in [-0.15, -0.1) is 0 Å². The van der Waals surface area contributed by atoms with Gasteiger partial charge in [-0.2, -0.15) is 0 Å². The zero-order chi connectivity index (χ0) is 21.8. The number of anilines is 1. The molecule has 31 heavy (non-hydrogen) atoms. The number of carbonyl (C=O) groups excluding carboxylic acids is 3. The summed E-state index contributed by atoms with van der Waals surface area (Å²) in [6.07, 6.45) is 2.38. The standard InChI is InChI=1S/C26H21NO4/c1-2-18-9-3-6-13-23(18)27-24(28)16-31-19-10-7-8-17(14-19)15-22-25(29)20-11-4-5-12-21(20)26(22)30/h3-15H,2,16H2,1H3,(H,27,28). The summed E-state index contributed by atoms with van der Waals surface area (Å²) < 4.78 is 5.62. The van der Waals surface area contributed by atoms with E-state index < -0.39 is 0 Å². The number of hydrogen-bond donors (Lipinski definition) is 1. The van der Waals surface area contributed by atoms with E-state index in [1.54, 1.807) is 54.6 Å². The molecule has 5 heteroatoms. The molecule has 1 aliphatic rings. The molecule has 1 amide bonds. The van der Waals surface area contributed by atoms with Crippen molar-refractivity contribution in [2.45, 2.75) is 13.3 Å². The van der Waals surface area contributed by atoms with Crippen molar-refractivity contribution in [2.24, 2.45) is 0 Å². The van der Waals surface area contributed by atoms with Crippen LogP contribution in [0.4, 0.5) is 5.69 Å². The van der Waals surface area contributed by atoms with Crippen LogP contribution in [0.25, 0.3) is 6.08 Å². The quantitative estimate of drug-likeness (QED) is 0.470. The van der Waals surface area contributed by atoms with E-state index in [1.807, 2.05) is 31.2 Å². The molecule has 0 fully saturated rings. The molecule has 0 aromatic heterocycles. The Kier molecular flexibility index (Phi) is 5.76. The predicted molar refractivity (Wildman–Crippen MR) is 119 cm³/mol. The highest BCUT2D eigenvalue weighted by Crippen LogP contribution is 2.28. The van der Waals surface area contributed by atoms with Crippen molar-refractivity contribution in [3.63, 3.8) is 0 Å². The number of hydrogen-bond acceptors (Lipinski definition) is 4. The van der Waals surface area contributed by atoms with Crippen molar-refractivity contribution in [1.82, 2.24) is 0 Å². The molecule has 0 atom stereocenters. The van der Waals surface area contributed by atoms with Crippen molar-refractivity contribution in [1.29, 1.82) is 0 Å². The Labute approximate surface area is 180 Å². The summed E-state index contributed by atoms with van der Waals surface area (Å²) in [6, 6.07) is 21.4. The molecule has 3 aromatic rings. The Morgan fingerprint density at radius 1 is 0.903 bits per heavy atom. The number of ether oxygens (including phenoxy) is 1. The van der Waals surface area contributed by atoms with Gasteiger partial charge in [-0.1, -0.05) is 61.5 Å². The Morgan fingerprint density at radius 3 is 2.29 bits per heavy atom. The lowest BCUT2D eigenvalue weighted by molar-refractivity contribution is -0.118. The molecule has 0 radical (unpaired) electrons. The van der Waals surface area contributed by atoms with E-state index in [-0.39, 0.29) is 29.7 Å². The number of benzene rings is 3. The van der Waals surface area contributed by atoms with E-state index in [9.17, 15) is 14.4 Å². The average Bonchev–Trinajstić information content (AvgIpc) is 3.03. The van der Waals surface area contributed by atoms with Crippen LogP contribution in [-0.2, 0) is 11.2 Å². The fourth-order valence-electron chi connectivity index (χ4n) is 3.55. The first-order chi connectivity index (χ1) is 15.1. The van der Waals surface area contributed by atoms with Gasteiger partial charge >= 0.3 is 0 Å².